The maximum atomic E-state index is 14.5. The Morgan fingerprint density at radius 3 is 2.47 bits per heavy atom. The van der Waals surface area contributed by atoms with E-state index in [0.29, 0.717) is 23.3 Å². The molecule has 5 fully saturated rings. The molecule has 10 heteroatoms. The molecular formula is C20H27FN2O6P+. The molecule has 2 heterocycles. The van der Waals surface area contributed by atoms with Crippen LogP contribution in [0.25, 0.3) is 0 Å². The van der Waals surface area contributed by atoms with Gasteiger partial charge in [-0.25, -0.2) is 9.18 Å². The van der Waals surface area contributed by atoms with E-state index in [1.54, 1.807) is 6.92 Å². The standard InChI is InChI=1S/C20H26FN2O6P/c1-11-9-23(19(25)22-18(11)24)17-5-15(21)16(28-17)10-27-30(26)29-20-6-12-2-13(7-20)4-14(3-12)8-20/h9,12-17H,2-8,10H2,1H3/p+1/t12?,13?,14?,15-,16+,17+,20?/m0/s1. The van der Waals surface area contributed by atoms with E-state index in [1.165, 1.54) is 30.0 Å². The van der Waals surface area contributed by atoms with Gasteiger partial charge in [0.05, 0.1) is 0 Å². The molecule has 0 amide bonds. The van der Waals surface area contributed by atoms with Crippen LogP contribution in [0.3, 0.4) is 0 Å². The SMILES string of the molecule is Cc1cn([C@H]2C[C@H](F)[C@@H](CO[P+](=O)OC34CC5CC(CC(C5)C3)C4)O2)c(=O)[nH]c1=O. The molecule has 0 radical (unpaired) electrons. The second kappa shape index (κ2) is 7.62. The summed E-state index contributed by atoms with van der Waals surface area (Å²) in [4.78, 5) is 25.7. The largest absolute Gasteiger partial charge is 0.698 e. The molecule has 0 aromatic carbocycles. The molecule has 1 saturated heterocycles. The topological polar surface area (TPSA) is 99.6 Å². The first kappa shape index (κ1) is 20.5. The molecule has 4 atom stereocenters. The van der Waals surface area contributed by atoms with E-state index in [1.807, 2.05) is 0 Å². The molecule has 30 heavy (non-hydrogen) atoms. The second-order valence-electron chi connectivity index (χ2n) is 9.57. The minimum absolute atomic E-state index is 0.0496. The Labute approximate surface area is 174 Å². The number of ether oxygens (including phenoxy) is 1. The third-order valence-corrected chi connectivity index (χ3v) is 8.11. The normalized spacial score (nSPS) is 40.1. The van der Waals surface area contributed by atoms with Gasteiger partial charge in [0.25, 0.3) is 5.56 Å². The van der Waals surface area contributed by atoms with Crippen LogP contribution in [0.15, 0.2) is 15.8 Å². The molecule has 164 valence electrons. The van der Waals surface area contributed by atoms with E-state index < -0.39 is 38.0 Å². The Kier molecular flexibility index (Phi) is 5.21. The molecule has 1 aliphatic heterocycles. The number of alkyl halides is 1. The lowest BCUT2D eigenvalue weighted by molar-refractivity contribution is -0.111. The number of nitrogens with zero attached hydrogens (tertiary/aromatic N) is 1. The quantitative estimate of drug-likeness (QED) is 0.681. The fourth-order valence-corrected chi connectivity index (χ4v) is 7.13. The summed E-state index contributed by atoms with van der Waals surface area (Å²) in [6, 6.07) is 0. The first-order valence-corrected chi connectivity index (χ1v) is 11.8. The summed E-state index contributed by atoms with van der Waals surface area (Å²) in [6.45, 7) is 1.35. The van der Waals surface area contributed by atoms with E-state index in [4.69, 9.17) is 13.8 Å². The summed E-state index contributed by atoms with van der Waals surface area (Å²) >= 11 is 0. The second-order valence-corrected chi connectivity index (χ2v) is 10.5. The number of H-pyrrole nitrogens is 1. The highest BCUT2D eigenvalue weighted by Crippen LogP contribution is 2.59. The minimum Gasteiger partial charge on any atom is -0.349 e. The van der Waals surface area contributed by atoms with Gasteiger partial charge in [0.1, 0.15) is 30.7 Å². The van der Waals surface area contributed by atoms with Crippen LogP contribution in [-0.4, -0.2) is 34.0 Å². The Hall–Kier alpha value is -1.41. The number of rotatable bonds is 6. The Morgan fingerprint density at radius 2 is 1.83 bits per heavy atom. The molecule has 6 rings (SSSR count). The lowest BCUT2D eigenvalue weighted by Crippen LogP contribution is -2.51. The number of hydrogen-bond acceptors (Lipinski definition) is 6. The smallest absolute Gasteiger partial charge is 0.349 e. The molecule has 0 spiro atoms. The summed E-state index contributed by atoms with van der Waals surface area (Å²) in [5.41, 5.74) is -1.15. The van der Waals surface area contributed by atoms with Gasteiger partial charge in [0, 0.05) is 22.7 Å². The predicted octanol–water partition coefficient (Wildman–Crippen LogP) is 3.13. The van der Waals surface area contributed by atoms with Crippen LogP contribution in [0.4, 0.5) is 4.39 Å². The van der Waals surface area contributed by atoms with E-state index in [9.17, 15) is 18.5 Å². The van der Waals surface area contributed by atoms with Crippen LogP contribution in [0.1, 0.15) is 56.7 Å². The van der Waals surface area contributed by atoms with Gasteiger partial charge in [0.15, 0.2) is 0 Å². The summed E-state index contributed by atoms with van der Waals surface area (Å²) in [5.74, 6) is 1.98. The van der Waals surface area contributed by atoms with Crippen LogP contribution in [-0.2, 0) is 18.3 Å². The van der Waals surface area contributed by atoms with E-state index in [0.717, 1.165) is 19.3 Å². The molecule has 4 saturated carbocycles. The van der Waals surface area contributed by atoms with Crippen LogP contribution in [0.5, 0.6) is 0 Å². The van der Waals surface area contributed by atoms with Crippen molar-refractivity contribution in [2.45, 2.75) is 76.0 Å². The zero-order valence-corrected chi connectivity index (χ0v) is 17.8. The van der Waals surface area contributed by atoms with Crippen LogP contribution >= 0.6 is 8.25 Å². The molecular weight excluding hydrogens is 414 g/mol. The Morgan fingerprint density at radius 1 is 1.20 bits per heavy atom. The van der Waals surface area contributed by atoms with Gasteiger partial charge in [-0.05, 0) is 63.2 Å². The monoisotopic (exact) mass is 441 g/mol. The number of aromatic nitrogens is 2. The van der Waals surface area contributed by atoms with E-state index in [2.05, 4.69) is 4.98 Å². The molecule has 1 N–H and O–H groups in total. The van der Waals surface area contributed by atoms with Crippen molar-refractivity contribution < 1.29 is 22.7 Å². The van der Waals surface area contributed by atoms with Crippen molar-refractivity contribution in [2.24, 2.45) is 17.8 Å². The predicted molar refractivity (Wildman–Crippen MR) is 105 cm³/mol. The third kappa shape index (κ3) is 3.81. The molecule has 8 nitrogen and oxygen atoms in total. The molecule has 1 unspecified atom stereocenters. The molecule has 1 aromatic heterocycles. The number of halogens is 1. The highest BCUT2D eigenvalue weighted by atomic mass is 31.1. The van der Waals surface area contributed by atoms with Crippen LogP contribution in [0.2, 0.25) is 0 Å². The van der Waals surface area contributed by atoms with Crippen molar-refractivity contribution in [3.8, 4) is 0 Å². The first-order valence-electron chi connectivity index (χ1n) is 10.7. The molecule has 4 bridgehead atoms. The molecule has 1 aromatic rings. The summed E-state index contributed by atoms with van der Waals surface area (Å²) in [7, 11) is -2.37. The number of nitrogens with one attached hydrogen (secondary N) is 1. The highest BCUT2D eigenvalue weighted by Gasteiger charge is 2.56. The fraction of sp³-hybridized carbons (Fsp3) is 0.800. The third-order valence-electron chi connectivity index (χ3n) is 7.21. The molecule has 5 aliphatic rings. The fourth-order valence-electron chi connectivity index (χ4n) is 6.27. The Balaban J connectivity index is 1.18. The van der Waals surface area contributed by atoms with Crippen molar-refractivity contribution in [2.75, 3.05) is 6.61 Å². The van der Waals surface area contributed by atoms with Crippen molar-refractivity contribution >= 4 is 8.25 Å². The zero-order chi connectivity index (χ0) is 21.0. The first-order chi connectivity index (χ1) is 14.3. The summed E-state index contributed by atoms with van der Waals surface area (Å²) in [5, 5.41) is 0. The van der Waals surface area contributed by atoms with Gasteiger partial charge < -0.3 is 4.74 Å². The van der Waals surface area contributed by atoms with Gasteiger partial charge in [-0.1, -0.05) is 0 Å². The lowest BCUT2D eigenvalue weighted by Gasteiger charge is -2.53. The lowest BCUT2D eigenvalue weighted by atomic mass is 9.54. The maximum Gasteiger partial charge on any atom is 0.698 e. The van der Waals surface area contributed by atoms with Gasteiger partial charge in [-0.3, -0.25) is 14.3 Å². The maximum absolute atomic E-state index is 14.5. The number of hydrogen-bond donors (Lipinski definition) is 1. The summed E-state index contributed by atoms with van der Waals surface area (Å²) < 4.78 is 45.1. The minimum atomic E-state index is -2.37. The number of aryl methyl sites for hydroxylation is 1. The van der Waals surface area contributed by atoms with Crippen molar-refractivity contribution in [1.29, 1.82) is 0 Å². The average Bonchev–Trinajstić information content (AvgIpc) is 3.02. The van der Waals surface area contributed by atoms with Crippen molar-refractivity contribution in [3.63, 3.8) is 0 Å². The highest BCUT2D eigenvalue weighted by molar-refractivity contribution is 7.33. The van der Waals surface area contributed by atoms with E-state index >= 15 is 0 Å². The zero-order valence-electron chi connectivity index (χ0n) is 16.9. The van der Waals surface area contributed by atoms with Crippen LogP contribution in [0, 0.1) is 24.7 Å². The number of aromatic amines is 1. The van der Waals surface area contributed by atoms with Gasteiger partial charge in [0.2, 0.25) is 0 Å². The van der Waals surface area contributed by atoms with Crippen LogP contribution < -0.4 is 11.2 Å². The van der Waals surface area contributed by atoms with Gasteiger partial charge >= 0.3 is 13.9 Å². The van der Waals surface area contributed by atoms with Crippen molar-refractivity contribution in [1.82, 2.24) is 9.55 Å². The van der Waals surface area contributed by atoms with Gasteiger partial charge in [-0.15, -0.1) is 9.05 Å². The van der Waals surface area contributed by atoms with Gasteiger partial charge in [-0.2, -0.15) is 0 Å². The molecule has 4 aliphatic carbocycles. The van der Waals surface area contributed by atoms with Crippen molar-refractivity contribution in [3.05, 3.63) is 32.6 Å². The Bertz CT molecular complexity index is 926. The average molecular weight is 441 g/mol. The summed E-state index contributed by atoms with van der Waals surface area (Å²) in [6.07, 6.45) is 4.71. The van der Waals surface area contributed by atoms with E-state index in [-0.39, 0.29) is 18.6 Å².